The number of hydrogen-bond donors (Lipinski definition) is 0. The Labute approximate surface area is 162 Å². The fourth-order valence-corrected chi connectivity index (χ4v) is 4.22. The van der Waals surface area contributed by atoms with Gasteiger partial charge in [-0.3, -0.25) is 9.78 Å². The number of para-hydroxylation sites is 1. The predicted molar refractivity (Wildman–Crippen MR) is 106 cm³/mol. The van der Waals surface area contributed by atoms with Crippen LogP contribution in [-0.4, -0.2) is 33.9 Å². The second kappa shape index (κ2) is 8.31. The van der Waals surface area contributed by atoms with E-state index in [-0.39, 0.29) is 18.6 Å². The highest BCUT2D eigenvalue weighted by Gasteiger charge is 2.30. The molecule has 0 radical (unpaired) electrons. The standard InChI is InChI=1S/C21H21N3O2S/c25-20(14-26-17-6-2-1-3-7-17)24-13-5-4-8-19(24)18-15-27-21(23-18)16-9-11-22-12-10-16/h1-3,6-7,9-12,15,19H,4-5,8,13-14H2/t19-/m1/s1. The molecule has 0 aliphatic carbocycles. The van der Waals surface area contributed by atoms with Gasteiger partial charge in [0.25, 0.3) is 5.91 Å². The summed E-state index contributed by atoms with van der Waals surface area (Å²) in [4.78, 5) is 23.6. The normalized spacial score (nSPS) is 16.9. The van der Waals surface area contributed by atoms with Gasteiger partial charge in [0.2, 0.25) is 0 Å². The molecule has 1 saturated heterocycles. The van der Waals surface area contributed by atoms with Crippen molar-refractivity contribution in [3.05, 3.63) is 65.9 Å². The number of ether oxygens (including phenoxy) is 1. The van der Waals surface area contributed by atoms with E-state index in [4.69, 9.17) is 9.72 Å². The molecule has 6 heteroatoms. The summed E-state index contributed by atoms with van der Waals surface area (Å²) in [6.45, 7) is 0.811. The summed E-state index contributed by atoms with van der Waals surface area (Å²) >= 11 is 1.61. The van der Waals surface area contributed by atoms with Crippen molar-refractivity contribution in [2.75, 3.05) is 13.2 Å². The predicted octanol–water partition coefficient (Wildman–Crippen LogP) is 4.34. The van der Waals surface area contributed by atoms with Crippen LogP contribution in [0.1, 0.15) is 31.0 Å². The number of aromatic nitrogens is 2. The highest BCUT2D eigenvalue weighted by molar-refractivity contribution is 7.13. The maximum atomic E-state index is 12.8. The SMILES string of the molecule is O=C(COc1ccccc1)N1CCCC[C@@H]1c1csc(-c2ccncc2)n1. The summed E-state index contributed by atoms with van der Waals surface area (Å²) in [5, 5.41) is 3.04. The first-order valence-electron chi connectivity index (χ1n) is 9.14. The van der Waals surface area contributed by atoms with Gasteiger partial charge in [-0.2, -0.15) is 0 Å². The molecule has 3 aromatic rings. The van der Waals surface area contributed by atoms with Gasteiger partial charge >= 0.3 is 0 Å². The van der Waals surface area contributed by atoms with Gasteiger partial charge in [0.15, 0.2) is 6.61 Å². The van der Waals surface area contributed by atoms with Crippen molar-refractivity contribution < 1.29 is 9.53 Å². The van der Waals surface area contributed by atoms with Gasteiger partial charge < -0.3 is 9.64 Å². The van der Waals surface area contributed by atoms with E-state index in [0.29, 0.717) is 5.75 Å². The number of likely N-dealkylation sites (tertiary alicyclic amines) is 1. The third kappa shape index (κ3) is 4.17. The van der Waals surface area contributed by atoms with Crippen molar-refractivity contribution in [3.8, 4) is 16.3 Å². The fourth-order valence-electron chi connectivity index (χ4n) is 3.35. The van der Waals surface area contributed by atoms with E-state index < -0.39 is 0 Å². The maximum Gasteiger partial charge on any atom is 0.261 e. The smallest absolute Gasteiger partial charge is 0.261 e. The lowest BCUT2D eigenvalue weighted by molar-refractivity contribution is -0.137. The first-order valence-corrected chi connectivity index (χ1v) is 10.0. The Morgan fingerprint density at radius 3 is 2.78 bits per heavy atom. The summed E-state index contributed by atoms with van der Waals surface area (Å²) < 4.78 is 5.66. The van der Waals surface area contributed by atoms with Crippen LogP contribution in [0, 0.1) is 0 Å². The summed E-state index contributed by atoms with van der Waals surface area (Å²) in [7, 11) is 0. The van der Waals surface area contributed by atoms with Crippen LogP contribution in [0.15, 0.2) is 60.2 Å². The van der Waals surface area contributed by atoms with Crippen molar-refractivity contribution in [1.82, 2.24) is 14.9 Å². The van der Waals surface area contributed by atoms with Gasteiger partial charge in [-0.05, 0) is 43.5 Å². The van der Waals surface area contributed by atoms with Crippen LogP contribution in [0.4, 0.5) is 0 Å². The molecule has 0 saturated carbocycles. The molecule has 1 fully saturated rings. The van der Waals surface area contributed by atoms with E-state index in [1.807, 2.05) is 47.4 Å². The lowest BCUT2D eigenvalue weighted by Crippen LogP contribution is -2.41. The van der Waals surface area contributed by atoms with Crippen LogP contribution in [0.5, 0.6) is 5.75 Å². The van der Waals surface area contributed by atoms with Crippen molar-refractivity contribution in [2.45, 2.75) is 25.3 Å². The van der Waals surface area contributed by atoms with Crippen molar-refractivity contribution >= 4 is 17.2 Å². The number of piperidine rings is 1. The molecule has 1 amide bonds. The molecule has 0 N–H and O–H groups in total. The Bertz CT molecular complexity index is 883. The Morgan fingerprint density at radius 2 is 1.96 bits per heavy atom. The first kappa shape index (κ1) is 17.7. The minimum absolute atomic E-state index is 0.0158. The van der Waals surface area contributed by atoms with Crippen LogP contribution < -0.4 is 4.74 Å². The van der Waals surface area contributed by atoms with E-state index in [0.717, 1.165) is 42.1 Å². The van der Waals surface area contributed by atoms with Gasteiger partial charge in [0.1, 0.15) is 10.8 Å². The second-order valence-corrected chi connectivity index (χ2v) is 7.37. The molecule has 1 aromatic carbocycles. The van der Waals surface area contributed by atoms with Gasteiger partial charge in [-0.15, -0.1) is 11.3 Å². The molecule has 1 atom stereocenters. The van der Waals surface area contributed by atoms with Crippen molar-refractivity contribution in [3.63, 3.8) is 0 Å². The van der Waals surface area contributed by atoms with Crippen LogP contribution in [-0.2, 0) is 4.79 Å². The number of carbonyl (C=O) groups is 1. The van der Waals surface area contributed by atoms with Crippen LogP contribution in [0.2, 0.25) is 0 Å². The quantitative estimate of drug-likeness (QED) is 0.662. The highest BCUT2D eigenvalue weighted by Crippen LogP contribution is 2.34. The lowest BCUT2D eigenvalue weighted by atomic mass is 10.00. The number of rotatable bonds is 5. The van der Waals surface area contributed by atoms with E-state index in [1.54, 1.807) is 23.7 Å². The second-order valence-electron chi connectivity index (χ2n) is 6.51. The molecule has 0 spiro atoms. The minimum atomic E-state index is 0.0158. The molecule has 138 valence electrons. The van der Waals surface area contributed by atoms with E-state index in [2.05, 4.69) is 10.4 Å². The van der Waals surface area contributed by atoms with E-state index in [1.165, 1.54) is 0 Å². The summed E-state index contributed by atoms with van der Waals surface area (Å²) in [6.07, 6.45) is 6.61. The van der Waals surface area contributed by atoms with Gasteiger partial charge in [-0.25, -0.2) is 4.98 Å². The number of nitrogens with zero attached hydrogens (tertiary/aromatic N) is 3. The topological polar surface area (TPSA) is 55.3 Å². The number of pyridine rings is 1. The molecule has 4 rings (SSSR count). The summed E-state index contributed by atoms with van der Waals surface area (Å²) in [6, 6.07) is 13.4. The Morgan fingerprint density at radius 1 is 1.15 bits per heavy atom. The molecule has 1 aliphatic heterocycles. The average Bonchev–Trinajstić information content (AvgIpc) is 3.23. The molecule has 0 unspecified atom stereocenters. The molecular formula is C21H21N3O2S. The molecule has 27 heavy (non-hydrogen) atoms. The number of amides is 1. The number of carbonyl (C=O) groups excluding carboxylic acids is 1. The van der Waals surface area contributed by atoms with E-state index in [9.17, 15) is 4.79 Å². The Balaban J connectivity index is 1.47. The van der Waals surface area contributed by atoms with Gasteiger partial charge in [0, 0.05) is 29.9 Å². The summed E-state index contributed by atoms with van der Waals surface area (Å²) in [5.74, 6) is 0.732. The molecule has 2 aromatic heterocycles. The maximum absolute atomic E-state index is 12.8. The third-order valence-corrected chi connectivity index (χ3v) is 5.63. The molecule has 3 heterocycles. The van der Waals surface area contributed by atoms with Gasteiger partial charge in [-0.1, -0.05) is 18.2 Å². The van der Waals surface area contributed by atoms with Crippen LogP contribution >= 0.6 is 11.3 Å². The van der Waals surface area contributed by atoms with Crippen LogP contribution in [0.25, 0.3) is 10.6 Å². The number of benzene rings is 1. The largest absolute Gasteiger partial charge is 0.484 e. The zero-order valence-electron chi connectivity index (χ0n) is 15.0. The third-order valence-electron chi connectivity index (χ3n) is 4.72. The minimum Gasteiger partial charge on any atom is -0.484 e. The van der Waals surface area contributed by atoms with Crippen molar-refractivity contribution in [2.24, 2.45) is 0 Å². The zero-order chi connectivity index (χ0) is 18.5. The highest BCUT2D eigenvalue weighted by atomic mass is 32.1. The number of thiazole rings is 1. The molecule has 0 bridgehead atoms. The fraction of sp³-hybridized carbons (Fsp3) is 0.286. The average molecular weight is 379 g/mol. The first-order chi connectivity index (χ1) is 13.3. The molecule has 1 aliphatic rings. The Kier molecular flexibility index (Phi) is 5.44. The zero-order valence-corrected chi connectivity index (χ0v) is 15.8. The Hall–Kier alpha value is -2.73. The molecule has 5 nitrogen and oxygen atoms in total. The van der Waals surface area contributed by atoms with Crippen LogP contribution in [0.3, 0.4) is 0 Å². The monoisotopic (exact) mass is 379 g/mol. The lowest BCUT2D eigenvalue weighted by Gasteiger charge is -2.34. The van der Waals surface area contributed by atoms with Gasteiger partial charge in [0.05, 0.1) is 11.7 Å². The van der Waals surface area contributed by atoms with E-state index >= 15 is 0 Å². The molecular weight excluding hydrogens is 358 g/mol. The summed E-state index contributed by atoms with van der Waals surface area (Å²) in [5.41, 5.74) is 2.03. The van der Waals surface area contributed by atoms with Crippen molar-refractivity contribution in [1.29, 1.82) is 0 Å². The number of hydrogen-bond acceptors (Lipinski definition) is 5.